The lowest BCUT2D eigenvalue weighted by Gasteiger charge is -2.29. The SMILES string of the molecule is CCC1(CNC(C)c2cncs2)CCCC1. The van der Waals surface area contributed by atoms with Crippen LogP contribution in [-0.4, -0.2) is 11.5 Å². The van der Waals surface area contributed by atoms with Gasteiger partial charge in [-0.2, -0.15) is 0 Å². The fourth-order valence-corrected chi connectivity index (χ4v) is 3.34. The molecule has 1 fully saturated rings. The van der Waals surface area contributed by atoms with Crippen molar-refractivity contribution in [2.45, 2.75) is 52.0 Å². The molecule has 1 saturated carbocycles. The maximum Gasteiger partial charge on any atom is 0.0794 e. The summed E-state index contributed by atoms with van der Waals surface area (Å²) in [5, 5.41) is 3.69. The van der Waals surface area contributed by atoms with E-state index in [-0.39, 0.29) is 0 Å². The van der Waals surface area contributed by atoms with Crippen LogP contribution in [0.2, 0.25) is 0 Å². The molecule has 2 nitrogen and oxygen atoms in total. The van der Waals surface area contributed by atoms with Crippen LogP contribution in [0.4, 0.5) is 0 Å². The molecule has 0 bridgehead atoms. The molecule has 90 valence electrons. The molecule has 1 aromatic rings. The summed E-state index contributed by atoms with van der Waals surface area (Å²) in [6.45, 7) is 5.75. The topological polar surface area (TPSA) is 24.9 Å². The van der Waals surface area contributed by atoms with E-state index in [2.05, 4.69) is 24.1 Å². The highest BCUT2D eigenvalue weighted by Gasteiger charge is 2.31. The summed E-state index contributed by atoms with van der Waals surface area (Å²) in [6, 6.07) is 0.455. The van der Waals surface area contributed by atoms with Crippen LogP contribution >= 0.6 is 11.3 Å². The highest BCUT2D eigenvalue weighted by atomic mass is 32.1. The molecule has 1 N–H and O–H groups in total. The van der Waals surface area contributed by atoms with Crippen molar-refractivity contribution < 1.29 is 0 Å². The number of rotatable bonds is 5. The van der Waals surface area contributed by atoms with E-state index in [4.69, 9.17) is 0 Å². The first kappa shape index (κ1) is 12.1. The number of thiazole rings is 1. The van der Waals surface area contributed by atoms with Crippen molar-refractivity contribution >= 4 is 11.3 Å². The number of aromatic nitrogens is 1. The van der Waals surface area contributed by atoms with Crippen LogP contribution in [0.3, 0.4) is 0 Å². The monoisotopic (exact) mass is 238 g/mol. The van der Waals surface area contributed by atoms with Gasteiger partial charge in [-0.15, -0.1) is 11.3 Å². The van der Waals surface area contributed by atoms with Gasteiger partial charge < -0.3 is 5.32 Å². The van der Waals surface area contributed by atoms with Crippen molar-refractivity contribution in [3.05, 3.63) is 16.6 Å². The van der Waals surface area contributed by atoms with Gasteiger partial charge in [-0.1, -0.05) is 19.8 Å². The lowest BCUT2D eigenvalue weighted by Crippen LogP contribution is -2.33. The quantitative estimate of drug-likeness (QED) is 0.844. The van der Waals surface area contributed by atoms with Crippen molar-refractivity contribution in [2.24, 2.45) is 5.41 Å². The van der Waals surface area contributed by atoms with Crippen molar-refractivity contribution in [3.63, 3.8) is 0 Å². The van der Waals surface area contributed by atoms with Crippen molar-refractivity contribution in [3.8, 4) is 0 Å². The Kier molecular flexibility index (Phi) is 3.98. The van der Waals surface area contributed by atoms with Crippen LogP contribution < -0.4 is 5.32 Å². The minimum absolute atomic E-state index is 0.455. The lowest BCUT2D eigenvalue weighted by molar-refractivity contribution is 0.259. The summed E-state index contributed by atoms with van der Waals surface area (Å²) in [5.74, 6) is 0. The molecule has 16 heavy (non-hydrogen) atoms. The third-order valence-electron chi connectivity index (χ3n) is 4.08. The Morgan fingerprint density at radius 3 is 2.81 bits per heavy atom. The summed E-state index contributed by atoms with van der Waals surface area (Å²) in [6.07, 6.45) is 8.96. The van der Waals surface area contributed by atoms with E-state index >= 15 is 0 Å². The third-order valence-corrected chi connectivity index (χ3v) is 5.03. The van der Waals surface area contributed by atoms with Crippen molar-refractivity contribution in [1.29, 1.82) is 0 Å². The first-order valence-corrected chi connectivity index (χ1v) is 7.25. The van der Waals surface area contributed by atoms with E-state index in [1.807, 2.05) is 11.7 Å². The molecule has 1 unspecified atom stereocenters. The molecule has 2 rings (SSSR count). The van der Waals surface area contributed by atoms with E-state index in [9.17, 15) is 0 Å². The predicted molar refractivity (Wildman–Crippen MR) is 69.7 cm³/mol. The number of nitrogens with one attached hydrogen (secondary N) is 1. The molecule has 0 radical (unpaired) electrons. The number of hydrogen-bond acceptors (Lipinski definition) is 3. The highest BCUT2D eigenvalue weighted by Crippen LogP contribution is 2.40. The van der Waals surface area contributed by atoms with E-state index in [1.165, 1.54) is 43.5 Å². The first-order chi connectivity index (χ1) is 7.76. The van der Waals surface area contributed by atoms with Gasteiger partial charge >= 0.3 is 0 Å². The Morgan fingerprint density at radius 1 is 1.50 bits per heavy atom. The normalized spacial score (nSPS) is 21.1. The summed E-state index contributed by atoms with van der Waals surface area (Å²) in [5.41, 5.74) is 2.50. The maximum absolute atomic E-state index is 4.14. The zero-order valence-corrected chi connectivity index (χ0v) is 11.1. The van der Waals surface area contributed by atoms with Crippen LogP contribution in [0, 0.1) is 5.41 Å². The van der Waals surface area contributed by atoms with Crippen molar-refractivity contribution in [2.75, 3.05) is 6.54 Å². The van der Waals surface area contributed by atoms with Gasteiger partial charge in [0, 0.05) is 23.7 Å². The molecule has 3 heteroatoms. The van der Waals surface area contributed by atoms with E-state index in [0.717, 1.165) is 0 Å². The Hall–Kier alpha value is -0.410. The van der Waals surface area contributed by atoms with Crippen LogP contribution in [0.5, 0.6) is 0 Å². The molecule has 1 atom stereocenters. The van der Waals surface area contributed by atoms with Gasteiger partial charge in [0.05, 0.1) is 5.51 Å². The smallest absolute Gasteiger partial charge is 0.0794 e. The molecule has 0 spiro atoms. The first-order valence-electron chi connectivity index (χ1n) is 6.37. The lowest BCUT2D eigenvalue weighted by atomic mass is 9.83. The van der Waals surface area contributed by atoms with E-state index in [0.29, 0.717) is 11.5 Å². The van der Waals surface area contributed by atoms with Crippen LogP contribution in [0.15, 0.2) is 11.7 Å². The van der Waals surface area contributed by atoms with E-state index in [1.54, 1.807) is 11.3 Å². The third kappa shape index (κ3) is 2.64. The summed E-state index contributed by atoms with van der Waals surface area (Å²) >= 11 is 1.75. The molecule has 1 heterocycles. The van der Waals surface area contributed by atoms with E-state index < -0.39 is 0 Å². The molecule has 0 saturated heterocycles. The molecule has 0 amide bonds. The van der Waals surface area contributed by atoms with Gasteiger partial charge in [-0.05, 0) is 31.6 Å². The molecule has 0 aromatic carbocycles. The summed E-state index contributed by atoms with van der Waals surface area (Å²) in [4.78, 5) is 5.49. The predicted octanol–water partition coefficient (Wildman–Crippen LogP) is 3.76. The Labute approximate surface area is 102 Å². The minimum Gasteiger partial charge on any atom is -0.309 e. The summed E-state index contributed by atoms with van der Waals surface area (Å²) < 4.78 is 0. The zero-order chi connectivity index (χ0) is 11.4. The number of hydrogen-bond donors (Lipinski definition) is 1. The second-order valence-corrected chi connectivity index (χ2v) is 5.98. The van der Waals surface area contributed by atoms with Gasteiger partial charge in [-0.3, -0.25) is 4.98 Å². The minimum atomic E-state index is 0.455. The Bertz CT molecular complexity index is 302. The molecular formula is C13H22N2S. The van der Waals surface area contributed by atoms with Crippen LogP contribution in [0.25, 0.3) is 0 Å². The molecule has 1 aliphatic rings. The van der Waals surface area contributed by atoms with Gasteiger partial charge in [0.25, 0.3) is 0 Å². The van der Waals surface area contributed by atoms with Gasteiger partial charge in [0.2, 0.25) is 0 Å². The van der Waals surface area contributed by atoms with Gasteiger partial charge in [-0.25, -0.2) is 0 Å². The fourth-order valence-electron chi connectivity index (χ4n) is 2.69. The molecule has 1 aliphatic carbocycles. The fraction of sp³-hybridized carbons (Fsp3) is 0.769. The standard InChI is InChI=1S/C13H22N2S/c1-3-13(6-4-5-7-13)9-15-11(2)12-8-14-10-16-12/h8,10-11,15H,3-7,9H2,1-2H3. The van der Waals surface area contributed by atoms with Crippen LogP contribution in [-0.2, 0) is 0 Å². The number of nitrogens with zero attached hydrogens (tertiary/aromatic N) is 1. The zero-order valence-electron chi connectivity index (χ0n) is 10.3. The summed E-state index contributed by atoms with van der Waals surface area (Å²) in [7, 11) is 0. The average Bonchev–Trinajstić information content (AvgIpc) is 2.98. The molecular weight excluding hydrogens is 216 g/mol. The Morgan fingerprint density at radius 2 is 2.25 bits per heavy atom. The van der Waals surface area contributed by atoms with Gasteiger partial charge in [0.1, 0.15) is 0 Å². The van der Waals surface area contributed by atoms with Crippen molar-refractivity contribution in [1.82, 2.24) is 10.3 Å². The van der Waals surface area contributed by atoms with Crippen LogP contribution in [0.1, 0.15) is 56.9 Å². The average molecular weight is 238 g/mol. The highest BCUT2D eigenvalue weighted by molar-refractivity contribution is 7.09. The molecule has 0 aliphatic heterocycles. The van der Waals surface area contributed by atoms with Gasteiger partial charge in [0.15, 0.2) is 0 Å². The molecule has 1 aromatic heterocycles. The Balaban J connectivity index is 1.86. The maximum atomic E-state index is 4.14. The second kappa shape index (κ2) is 5.28. The largest absolute Gasteiger partial charge is 0.309 e. The second-order valence-electron chi connectivity index (χ2n) is 5.07.